The summed E-state index contributed by atoms with van der Waals surface area (Å²) >= 11 is 0. The Morgan fingerprint density at radius 1 is 0.810 bits per heavy atom. The number of benzene rings is 2. The van der Waals surface area contributed by atoms with E-state index in [0.29, 0.717) is 6.07 Å². The van der Waals surface area contributed by atoms with Crippen LogP contribution in [0.2, 0.25) is 0 Å². The normalized spacial score (nSPS) is 13.7. The Kier molecular flexibility index (Phi) is 3.30. The quantitative estimate of drug-likeness (QED) is 0.673. The molecule has 2 aromatic carbocycles. The van der Waals surface area contributed by atoms with Crippen molar-refractivity contribution < 1.29 is 35.8 Å². The SMILES string of the molecule is [O]c1cc(C(F)(F)C(F)(F)C(F)(F)F)cc2ccccc12. The zero-order chi connectivity index (χ0) is 16.1. The van der Waals surface area contributed by atoms with Crippen molar-refractivity contribution in [3.8, 4) is 5.75 Å². The molecular weight excluding hydrogens is 305 g/mol. The summed E-state index contributed by atoms with van der Waals surface area (Å²) in [5.74, 6) is -12.9. The molecule has 0 saturated heterocycles. The van der Waals surface area contributed by atoms with Gasteiger partial charge in [0.05, 0.1) is 0 Å². The summed E-state index contributed by atoms with van der Waals surface area (Å²) in [6.45, 7) is 0. The number of hydrogen-bond acceptors (Lipinski definition) is 0. The second kappa shape index (κ2) is 4.51. The van der Waals surface area contributed by atoms with E-state index in [4.69, 9.17) is 0 Å². The zero-order valence-electron chi connectivity index (χ0n) is 10.0. The predicted octanol–water partition coefficient (Wildman–Crippen LogP) is 5.27. The van der Waals surface area contributed by atoms with Crippen molar-refractivity contribution >= 4 is 10.8 Å². The van der Waals surface area contributed by atoms with Gasteiger partial charge in [-0.1, -0.05) is 24.3 Å². The molecule has 8 heteroatoms. The topological polar surface area (TPSA) is 19.9 Å². The van der Waals surface area contributed by atoms with Crippen molar-refractivity contribution in [1.29, 1.82) is 0 Å². The minimum atomic E-state index is -6.44. The molecule has 0 saturated carbocycles. The standard InChI is InChI=1S/C13H6F7O/c14-11(15,12(16,17)13(18,19)20)8-5-7-3-1-2-4-9(7)10(21)6-8/h1-6H. The fourth-order valence-electron chi connectivity index (χ4n) is 1.82. The lowest BCUT2D eigenvalue weighted by Crippen LogP contribution is -2.50. The molecule has 0 bridgehead atoms. The highest BCUT2D eigenvalue weighted by atomic mass is 19.4. The highest BCUT2D eigenvalue weighted by Crippen LogP contribution is 2.52. The van der Waals surface area contributed by atoms with Crippen molar-refractivity contribution in [3.63, 3.8) is 0 Å². The van der Waals surface area contributed by atoms with Crippen molar-refractivity contribution in [2.75, 3.05) is 0 Å². The van der Waals surface area contributed by atoms with Crippen LogP contribution < -0.4 is 0 Å². The summed E-state index contributed by atoms with van der Waals surface area (Å²) in [5, 5.41) is 11.4. The molecule has 0 fully saturated rings. The van der Waals surface area contributed by atoms with E-state index < -0.39 is 29.3 Å². The Bertz CT molecular complexity index is 676. The lowest BCUT2D eigenvalue weighted by atomic mass is 9.97. The van der Waals surface area contributed by atoms with Crippen LogP contribution >= 0.6 is 0 Å². The average Bonchev–Trinajstić information content (AvgIpc) is 2.37. The number of fused-ring (bicyclic) bond motifs is 1. The Balaban J connectivity index is 2.65. The molecule has 113 valence electrons. The number of alkyl halides is 7. The maximum Gasteiger partial charge on any atom is 0.460 e. The Labute approximate surface area is 113 Å². The Hall–Kier alpha value is -1.99. The molecule has 0 heterocycles. The van der Waals surface area contributed by atoms with E-state index in [0.717, 1.165) is 0 Å². The molecule has 0 unspecified atom stereocenters. The third-order valence-electron chi connectivity index (χ3n) is 2.94. The first-order chi connectivity index (χ1) is 9.48. The van der Waals surface area contributed by atoms with Crippen LogP contribution in [0.1, 0.15) is 5.56 Å². The summed E-state index contributed by atoms with van der Waals surface area (Å²) in [6.07, 6.45) is -6.44. The van der Waals surface area contributed by atoms with Crippen molar-refractivity contribution in [2.24, 2.45) is 0 Å². The van der Waals surface area contributed by atoms with Gasteiger partial charge in [0.25, 0.3) is 0 Å². The van der Waals surface area contributed by atoms with E-state index in [1.807, 2.05) is 0 Å². The zero-order valence-corrected chi connectivity index (χ0v) is 10.0. The van der Waals surface area contributed by atoms with Crippen LogP contribution in [-0.4, -0.2) is 12.1 Å². The maximum atomic E-state index is 13.5. The van der Waals surface area contributed by atoms with E-state index >= 15 is 0 Å². The fourth-order valence-corrected chi connectivity index (χ4v) is 1.82. The minimum Gasteiger partial charge on any atom is -0.289 e. The highest BCUT2D eigenvalue weighted by Gasteiger charge is 2.73. The molecule has 0 aliphatic rings. The number of rotatable bonds is 2. The summed E-state index contributed by atoms with van der Waals surface area (Å²) < 4.78 is 89.3. The van der Waals surface area contributed by atoms with E-state index in [9.17, 15) is 35.8 Å². The number of hydrogen-bond donors (Lipinski definition) is 0. The van der Waals surface area contributed by atoms with Gasteiger partial charge in [-0.25, -0.2) is 0 Å². The van der Waals surface area contributed by atoms with E-state index in [2.05, 4.69) is 0 Å². The van der Waals surface area contributed by atoms with Gasteiger partial charge in [0.15, 0.2) is 5.75 Å². The van der Waals surface area contributed by atoms with E-state index in [1.165, 1.54) is 24.3 Å². The summed E-state index contributed by atoms with van der Waals surface area (Å²) in [5.41, 5.74) is -1.67. The first-order valence-corrected chi connectivity index (χ1v) is 5.51. The maximum absolute atomic E-state index is 13.5. The first-order valence-electron chi connectivity index (χ1n) is 5.51. The van der Waals surface area contributed by atoms with Crippen LogP contribution in [0.3, 0.4) is 0 Å². The van der Waals surface area contributed by atoms with Crippen molar-refractivity contribution in [1.82, 2.24) is 0 Å². The molecule has 0 atom stereocenters. The van der Waals surface area contributed by atoms with Gasteiger partial charge in [-0.3, -0.25) is 5.11 Å². The minimum absolute atomic E-state index is 0.0487. The van der Waals surface area contributed by atoms with Gasteiger partial charge < -0.3 is 0 Å². The third-order valence-corrected chi connectivity index (χ3v) is 2.94. The molecule has 0 N–H and O–H groups in total. The molecule has 0 aromatic heterocycles. The molecular formula is C13H6F7O. The summed E-state index contributed by atoms with van der Waals surface area (Å²) in [4.78, 5) is 0. The highest BCUT2D eigenvalue weighted by molar-refractivity contribution is 5.88. The molecule has 1 nitrogen and oxygen atoms in total. The van der Waals surface area contributed by atoms with E-state index in [-0.39, 0.29) is 16.8 Å². The fraction of sp³-hybridized carbons (Fsp3) is 0.231. The van der Waals surface area contributed by atoms with Gasteiger partial charge in [-0.2, -0.15) is 30.7 Å². The molecule has 1 radical (unpaired) electrons. The van der Waals surface area contributed by atoms with Gasteiger partial charge >= 0.3 is 18.0 Å². The van der Waals surface area contributed by atoms with E-state index in [1.54, 1.807) is 0 Å². The Morgan fingerprint density at radius 2 is 1.38 bits per heavy atom. The Morgan fingerprint density at radius 3 is 1.95 bits per heavy atom. The molecule has 21 heavy (non-hydrogen) atoms. The molecule has 0 spiro atoms. The summed E-state index contributed by atoms with van der Waals surface area (Å²) in [6, 6.07) is 5.72. The molecule has 2 aromatic rings. The average molecular weight is 311 g/mol. The van der Waals surface area contributed by atoms with Crippen LogP contribution in [0, 0.1) is 0 Å². The predicted molar refractivity (Wildman–Crippen MR) is 59.0 cm³/mol. The second-order valence-corrected chi connectivity index (χ2v) is 4.34. The van der Waals surface area contributed by atoms with Gasteiger partial charge in [-0.15, -0.1) is 0 Å². The first kappa shape index (κ1) is 15.4. The van der Waals surface area contributed by atoms with Crippen LogP contribution in [0.4, 0.5) is 30.7 Å². The largest absolute Gasteiger partial charge is 0.460 e. The van der Waals surface area contributed by atoms with Crippen LogP contribution in [0.5, 0.6) is 5.75 Å². The van der Waals surface area contributed by atoms with Gasteiger partial charge in [0, 0.05) is 10.9 Å². The monoisotopic (exact) mass is 311 g/mol. The van der Waals surface area contributed by atoms with Crippen LogP contribution in [0.25, 0.3) is 10.8 Å². The molecule has 0 aliphatic carbocycles. The molecule has 0 aliphatic heterocycles. The van der Waals surface area contributed by atoms with Crippen molar-refractivity contribution in [3.05, 3.63) is 42.0 Å². The van der Waals surface area contributed by atoms with Gasteiger partial charge in [0.2, 0.25) is 0 Å². The molecule has 0 amide bonds. The lowest BCUT2D eigenvalue weighted by Gasteiger charge is -2.28. The smallest absolute Gasteiger partial charge is 0.289 e. The van der Waals surface area contributed by atoms with Crippen molar-refractivity contribution in [2.45, 2.75) is 18.0 Å². The molecule has 2 rings (SSSR count). The lowest BCUT2D eigenvalue weighted by molar-refractivity contribution is -0.359. The number of halogens is 7. The summed E-state index contributed by atoms with van der Waals surface area (Å²) in [7, 11) is 0. The van der Waals surface area contributed by atoms with Gasteiger partial charge in [-0.05, 0) is 17.5 Å². The van der Waals surface area contributed by atoms with Crippen LogP contribution in [0.15, 0.2) is 36.4 Å². The van der Waals surface area contributed by atoms with Crippen LogP contribution in [-0.2, 0) is 11.0 Å². The second-order valence-electron chi connectivity index (χ2n) is 4.34. The third kappa shape index (κ3) is 2.28. The van der Waals surface area contributed by atoms with Gasteiger partial charge in [0.1, 0.15) is 0 Å².